The Bertz CT molecular complexity index is 880. The lowest BCUT2D eigenvalue weighted by molar-refractivity contribution is -0.137. The van der Waals surface area contributed by atoms with Crippen LogP contribution in [0.25, 0.3) is 11.3 Å². The minimum atomic E-state index is 0.0278. The SMILES string of the molecule is O=C(COc1ccccc1)N1CCCCC1c1nc(-c2ccccc2)cs1. The van der Waals surface area contributed by atoms with Gasteiger partial charge in [0.05, 0.1) is 11.7 Å². The molecular weight excluding hydrogens is 356 g/mol. The molecule has 1 aromatic heterocycles. The van der Waals surface area contributed by atoms with E-state index in [0.717, 1.165) is 47.8 Å². The molecule has 1 aliphatic heterocycles. The third-order valence-corrected chi connectivity index (χ3v) is 5.75. The number of hydrogen-bond acceptors (Lipinski definition) is 4. The first kappa shape index (κ1) is 17.7. The molecule has 0 N–H and O–H groups in total. The Morgan fingerprint density at radius 3 is 2.59 bits per heavy atom. The molecule has 0 aliphatic carbocycles. The lowest BCUT2D eigenvalue weighted by atomic mass is 10.0. The number of amides is 1. The van der Waals surface area contributed by atoms with Crippen LogP contribution in [0, 0.1) is 0 Å². The van der Waals surface area contributed by atoms with Crippen LogP contribution in [0.2, 0.25) is 0 Å². The predicted molar refractivity (Wildman–Crippen MR) is 108 cm³/mol. The number of benzene rings is 2. The van der Waals surface area contributed by atoms with E-state index in [4.69, 9.17) is 9.72 Å². The third-order valence-electron chi connectivity index (χ3n) is 4.81. The smallest absolute Gasteiger partial charge is 0.261 e. The van der Waals surface area contributed by atoms with Crippen molar-refractivity contribution in [2.45, 2.75) is 25.3 Å². The quantitative estimate of drug-likeness (QED) is 0.631. The Morgan fingerprint density at radius 2 is 1.81 bits per heavy atom. The monoisotopic (exact) mass is 378 g/mol. The van der Waals surface area contributed by atoms with E-state index in [2.05, 4.69) is 17.5 Å². The number of aromatic nitrogens is 1. The zero-order chi connectivity index (χ0) is 18.5. The predicted octanol–water partition coefficient (Wildman–Crippen LogP) is 4.94. The van der Waals surface area contributed by atoms with Crippen molar-refractivity contribution >= 4 is 17.2 Å². The lowest BCUT2D eigenvalue weighted by Crippen LogP contribution is -2.41. The van der Waals surface area contributed by atoms with Gasteiger partial charge in [-0.3, -0.25) is 4.79 Å². The number of carbonyl (C=O) groups is 1. The van der Waals surface area contributed by atoms with E-state index in [1.54, 1.807) is 11.3 Å². The second kappa shape index (κ2) is 8.35. The highest BCUT2D eigenvalue weighted by molar-refractivity contribution is 7.10. The van der Waals surface area contributed by atoms with Gasteiger partial charge in [0.15, 0.2) is 6.61 Å². The molecule has 0 saturated carbocycles. The van der Waals surface area contributed by atoms with Gasteiger partial charge < -0.3 is 9.64 Å². The number of para-hydroxylation sites is 1. The van der Waals surface area contributed by atoms with E-state index in [-0.39, 0.29) is 18.6 Å². The van der Waals surface area contributed by atoms with Gasteiger partial charge in [-0.05, 0) is 31.4 Å². The van der Waals surface area contributed by atoms with Crippen LogP contribution < -0.4 is 4.74 Å². The molecule has 3 aromatic rings. The van der Waals surface area contributed by atoms with Crippen molar-refractivity contribution < 1.29 is 9.53 Å². The molecule has 5 heteroatoms. The first-order chi connectivity index (χ1) is 13.3. The maximum absolute atomic E-state index is 12.8. The van der Waals surface area contributed by atoms with Crippen molar-refractivity contribution in [1.29, 1.82) is 0 Å². The zero-order valence-electron chi connectivity index (χ0n) is 15.1. The summed E-state index contributed by atoms with van der Waals surface area (Å²) < 4.78 is 5.67. The van der Waals surface area contributed by atoms with Crippen molar-refractivity contribution in [2.75, 3.05) is 13.2 Å². The summed E-state index contributed by atoms with van der Waals surface area (Å²) >= 11 is 1.64. The number of likely N-dealkylation sites (tertiary alicyclic amines) is 1. The average molecular weight is 378 g/mol. The average Bonchev–Trinajstić information content (AvgIpc) is 3.23. The van der Waals surface area contributed by atoms with Crippen LogP contribution in [0.3, 0.4) is 0 Å². The van der Waals surface area contributed by atoms with Crippen LogP contribution in [0.4, 0.5) is 0 Å². The van der Waals surface area contributed by atoms with Gasteiger partial charge in [0, 0.05) is 17.5 Å². The lowest BCUT2D eigenvalue weighted by Gasteiger charge is -2.34. The second-order valence-corrected chi connectivity index (χ2v) is 7.53. The standard InChI is InChI=1S/C22H22N2O2S/c25-21(15-26-18-11-5-2-6-12-18)24-14-8-7-13-20(24)22-23-19(16-27-22)17-9-3-1-4-10-17/h1-6,9-12,16,20H,7-8,13-15H2. The summed E-state index contributed by atoms with van der Waals surface area (Å²) in [7, 11) is 0. The molecule has 2 aromatic carbocycles. The third kappa shape index (κ3) is 4.19. The van der Waals surface area contributed by atoms with E-state index in [1.807, 2.05) is 53.4 Å². The molecule has 1 aliphatic rings. The maximum atomic E-state index is 12.8. The van der Waals surface area contributed by atoms with Crippen LogP contribution in [-0.2, 0) is 4.79 Å². The Labute approximate surface area is 163 Å². The van der Waals surface area contributed by atoms with E-state index >= 15 is 0 Å². The van der Waals surface area contributed by atoms with Gasteiger partial charge in [-0.15, -0.1) is 11.3 Å². The molecule has 27 heavy (non-hydrogen) atoms. The number of hydrogen-bond donors (Lipinski definition) is 0. The Balaban J connectivity index is 1.47. The molecule has 138 valence electrons. The van der Waals surface area contributed by atoms with Crippen molar-refractivity contribution in [3.8, 4) is 17.0 Å². The summed E-state index contributed by atoms with van der Waals surface area (Å²) in [5.74, 6) is 0.750. The largest absolute Gasteiger partial charge is 0.484 e. The van der Waals surface area contributed by atoms with E-state index in [1.165, 1.54) is 0 Å². The minimum Gasteiger partial charge on any atom is -0.484 e. The highest BCUT2D eigenvalue weighted by atomic mass is 32.1. The van der Waals surface area contributed by atoms with Crippen LogP contribution >= 0.6 is 11.3 Å². The molecule has 4 rings (SSSR count). The van der Waals surface area contributed by atoms with E-state index in [0.29, 0.717) is 0 Å². The Hall–Kier alpha value is -2.66. The van der Waals surface area contributed by atoms with E-state index < -0.39 is 0 Å². The highest BCUT2D eigenvalue weighted by Crippen LogP contribution is 2.34. The van der Waals surface area contributed by atoms with Crippen LogP contribution in [0.15, 0.2) is 66.0 Å². The first-order valence-corrected chi connectivity index (χ1v) is 10.2. The fraction of sp³-hybridized carbons (Fsp3) is 0.273. The molecule has 0 bridgehead atoms. The second-order valence-electron chi connectivity index (χ2n) is 6.64. The maximum Gasteiger partial charge on any atom is 0.261 e. The molecule has 2 heterocycles. The van der Waals surface area contributed by atoms with Gasteiger partial charge in [0.2, 0.25) is 0 Å². The fourth-order valence-electron chi connectivity index (χ4n) is 3.41. The van der Waals surface area contributed by atoms with Crippen LogP contribution in [0.5, 0.6) is 5.75 Å². The molecule has 0 spiro atoms. The Kier molecular flexibility index (Phi) is 5.49. The van der Waals surface area contributed by atoms with Crippen LogP contribution in [0.1, 0.15) is 30.3 Å². The van der Waals surface area contributed by atoms with Crippen molar-refractivity contribution in [3.05, 3.63) is 71.1 Å². The number of ether oxygens (including phenoxy) is 1. The molecular formula is C22H22N2O2S. The molecule has 1 fully saturated rings. The van der Waals surface area contributed by atoms with Gasteiger partial charge in [-0.25, -0.2) is 4.98 Å². The Morgan fingerprint density at radius 1 is 1.07 bits per heavy atom. The summed E-state index contributed by atoms with van der Waals surface area (Å²) in [6.45, 7) is 0.833. The molecule has 0 radical (unpaired) electrons. The van der Waals surface area contributed by atoms with Crippen molar-refractivity contribution in [1.82, 2.24) is 9.88 Å². The number of carbonyl (C=O) groups excluding carboxylic acids is 1. The molecule has 1 saturated heterocycles. The van der Waals surface area contributed by atoms with Gasteiger partial charge in [-0.2, -0.15) is 0 Å². The molecule has 1 atom stereocenters. The molecule has 4 nitrogen and oxygen atoms in total. The molecule has 1 unspecified atom stereocenters. The summed E-state index contributed by atoms with van der Waals surface area (Å²) in [4.78, 5) is 19.6. The van der Waals surface area contributed by atoms with Gasteiger partial charge in [0.25, 0.3) is 5.91 Å². The normalized spacial score (nSPS) is 16.9. The number of nitrogens with zero attached hydrogens (tertiary/aromatic N) is 2. The summed E-state index contributed by atoms with van der Waals surface area (Å²) in [5, 5.41) is 3.10. The summed E-state index contributed by atoms with van der Waals surface area (Å²) in [6.07, 6.45) is 3.11. The zero-order valence-corrected chi connectivity index (χ0v) is 15.9. The van der Waals surface area contributed by atoms with Crippen LogP contribution in [-0.4, -0.2) is 28.9 Å². The number of thiazole rings is 1. The fourth-order valence-corrected chi connectivity index (χ4v) is 4.39. The van der Waals surface area contributed by atoms with Crippen molar-refractivity contribution in [2.24, 2.45) is 0 Å². The molecule has 1 amide bonds. The van der Waals surface area contributed by atoms with Gasteiger partial charge in [0.1, 0.15) is 10.8 Å². The number of piperidine rings is 1. The summed E-state index contributed by atoms with van der Waals surface area (Å²) in [6, 6.07) is 19.7. The first-order valence-electron chi connectivity index (χ1n) is 9.29. The topological polar surface area (TPSA) is 42.4 Å². The highest BCUT2D eigenvalue weighted by Gasteiger charge is 2.30. The van der Waals surface area contributed by atoms with E-state index in [9.17, 15) is 4.79 Å². The van der Waals surface area contributed by atoms with Crippen molar-refractivity contribution in [3.63, 3.8) is 0 Å². The summed E-state index contributed by atoms with van der Waals surface area (Å²) in [5.41, 5.74) is 2.09. The minimum absolute atomic E-state index is 0.0278. The van der Waals surface area contributed by atoms with Gasteiger partial charge in [-0.1, -0.05) is 48.5 Å². The van der Waals surface area contributed by atoms with Gasteiger partial charge >= 0.3 is 0 Å². The number of rotatable bonds is 5.